The Morgan fingerprint density at radius 1 is 0.741 bits per heavy atom. The number of furan rings is 1. The lowest BCUT2D eigenvalue weighted by molar-refractivity contribution is 0.567. The Bertz CT molecular complexity index is 1310. The molecule has 3 aromatic carbocycles. The van der Waals surface area contributed by atoms with Gasteiger partial charge in [0.25, 0.3) is 0 Å². The fourth-order valence-corrected chi connectivity index (χ4v) is 3.64. The van der Waals surface area contributed by atoms with Gasteiger partial charge in [0.05, 0.1) is 5.69 Å². The molecule has 132 valence electrons. The molecule has 0 saturated heterocycles. The minimum Gasteiger partial charge on any atom is -0.455 e. The molecule has 0 fully saturated rings. The summed E-state index contributed by atoms with van der Waals surface area (Å²) in [4.78, 5) is 8.99. The third-order valence-electron chi connectivity index (χ3n) is 5.10. The van der Waals surface area contributed by atoms with Gasteiger partial charge in [0.15, 0.2) is 0 Å². The van der Waals surface area contributed by atoms with Crippen molar-refractivity contribution in [3.8, 4) is 11.3 Å². The van der Waals surface area contributed by atoms with E-state index in [1.54, 1.807) is 6.33 Å². The van der Waals surface area contributed by atoms with Crippen LogP contribution in [-0.4, -0.2) is 9.97 Å². The maximum absolute atomic E-state index is 6.42. The molecule has 0 aliphatic heterocycles. The van der Waals surface area contributed by atoms with E-state index in [9.17, 15) is 0 Å². The van der Waals surface area contributed by atoms with E-state index in [0.717, 1.165) is 44.3 Å². The number of hydrogen-bond donors (Lipinski definition) is 0. The summed E-state index contributed by atoms with van der Waals surface area (Å²) in [5, 5.41) is 4.57. The smallest absolute Gasteiger partial charge is 0.144 e. The third kappa shape index (κ3) is 2.50. The van der Waals surface area contributed by atoms with E-state index in [2.05, 4.69) is 91.4 Å². The van der Waals surface area contributed by atoms with E-state index in [1.807, 2.05) is 0 Å². The zero-order valence-corrected chi connectivity index (χ0v) is 15.7. The topological polar surface area (TPSA) is 38.9 Å². The fourth-order valence-electron chi connectivity index (χ4n) is 3.64. The Labute approximate surface area is 157 Å². The lowest BCUT2D eigenvalue weighted by Gasteiger charge is -2.17. The molecular formula is C24H20N2O. The highest BCUT2D eigenvalue weighted by molar-refractivity contribution is 6.17. The molecule has 0 bridgehead atoms. The van der Waals surface area contributed by atoms with Gasteiger partial charge < -0.3 is 4.42 Å². The Balaban J connectivity index is 1.83. The summed E-state index contributed by atoms with van der Waals surface area (Å²) < 4.78 is 6.42. The van der Waals surface area contributed by atoms with Crippen molar-refractivity contribution in [1.29, 1.82) is 0 Å². The molecular weight excluding hydrogens is 332 g/mol. The zero-order valence-electron chi connectivity index (χ0n) is 15.7. The number of rotatable bonds is 1. The average molecular weight is 352 g/mol. The van der Waals surface area contributed by atoms with E-state index in [-0.39, 0.29) is 5.41 Å². The van der Waals surface area contributed by atoms with E-state index in [4.69, 9.17) is 4.42 Å². The number of hydrogen-bond acceptors (Lipinski definition) is 3. The second-order valence-electron chi connectivity index (χ2n) is 7.99. The van der Waals surface area contributed by atoms with Crippen molar-refractivity contribution in [2.45, 2.75) is 26.2 Å². The van der Waals surface area contributed by atoms with Crippen LogP contribution in [0.3, 0.4) is 0 Å². The Kier molecular flexibility index (Phi) is 3.35. The van der Waals surface area contributed by atoms with E-state index in [0.29, 0.717) is 0 Å². The maximum Gasteiger partial charge on any atom is 0.144 e. The first-order chi connectivity index (χ1) is 13.0. The molecule has 0 atom stereocenters. The van der Waals surface area contributed by atoms with Gasteiger partial charge in [0, 0.05) is 32.8 Å². The van der Waals surface area contributed by atoms with Crippen molar-refractivity contribution in [1.82, 2.24) is 9.97 Å². The van der Waals surface area contributed by atoms with Crippen molar-refractivity contribution in [3.63, 3.8) is 0 Å². The summed E-state index contributed by atoms with van der Waals surface area (Å²) in [5.41, 5.74) is 4.69. The molecule has 2 aromatic heterocycles. The van der Waals surface area contributed by atoms with Gasteiger partial charge in [-0.05, 0) is 23.6 Å². The molecule has 0 amide bonds. The van der Waals surface area contributed by atoms with Gasteiger partial charge in [-0.3, -0.25) is 0 Å². The quantitative estimate of drug-likeness (QED) is 0.346. The Hall–Kier alpha value is -3.20. The largest absolute Gasteiger partial charge is 0.455 e. The highest BCUT2D eigenvalue weighted by Gasteiger charge is 2.19. The summed E-state index contributed by atoms with van der Waals surface area (Å²) in [6.45, 7) is 6.48. The lowest BCUT2D eigenvalue weighted by Crippen LogP contribution is -2.13. The van der Waals surface area contributed by atoms with E-state index < -0.39 is 0 Å². The van der Waals surface area contributed by atoms with Gasteiger partial charge in [-0.15, -0.1) is 0 Å². The van der Waals surface area contributed by atoms with Crippen LogP contribution in [0.1, 0.15) is 26.5 Å². The van der Waals surface area contributed by atoms with Crippen LogP contribution < -0.4 is 0 Å². The molecule has 0 N–H and O–H groups in total. The van der Waals surface area contributed by atoms with Crippen LogP contribution >= 0.6 is 0 Å². The minimum absolute atomic E-state index is 0.0321. The zero-order chi connectivity index (χ0) is 18.6. The number of aromatic nitrogens is 2. The highest BCUT2D eigenvalue weighted by Crippen LogP contribution is 2.38. The van der Waals surface area contributed by atoms with Gasteiger partial charge in [-0.1, -0.05) is 63.2 Å². The second kappa shape index (κ2) is 5.65. The van der Waals surface area contributed by atoms with Crippen LogP contribution in [-0.2, 0) is 5.41 Å². The van der Waals surface area contributed by atoms with Crippen LogP contribution in [0.25, 0.3) is 44.0 Å². The van der Waals surface area contributed by atoms with Crippen molar-refractivity contribution in [2.75, 3.05) is 0 Å². The monoisotopic (exact) mass is 352 g/mol. The lowest BCUT2D eigenvalue weighted by atomic mass is 9.91. The first-order valence-corrected chi connectivity index (χ1v) is 9.18. The summed E-state index contributed by atoms with van der Waals surface area (Å²) in [5.74, 6) is 0. The molecule has 5 aromatic rings. The molecule has 0 spiro atoms. The molecule has 0 saturated carbocycles. The molecule has 0 aliphatic carbocycles. The summed E-state index contributed by atoms with van der Waals surface area (Å²) in [6, 6.07) is 21.0. The van der Waals surface area contributed by atoms with Gasteiger partial charge in [0.2, 0.25) is 0 Å². The SMILES string of the molecule is CC(C)(C)c1cc(-c2cccc3c2oc2c4ccccc4ccc32)ncn1. The van der Waals surface area contributed by atoms with Gasteiger partial charge in [0.1, 0.15) is 17.5 Å². The van der Waals surface area contributed by atoms with Crippen LogP contribution in [0.15, 0.2) is 71.4 Å². The van der Waals surface area contributed by atoms with Crippen molar-refractivity contribution in [2.24, 2.45) is 0 Å². The van der Waals surface area contributed by atoms with Crippen LogP contribution in [0.4, 0.5) is 0 Å². The summed E-state index contributed by atoms with van der Waals surface area (Å²) in [6.07, 6.45) is 1.65. The maximum atomic E-state index is 6.42. The van der Waals surface area contributed by atoms with Gasteiger partial charge in [-0.25, -0.2) is 9.97 Å². The van der Waals surface area contributed by atoms with Gasteiger partial charge >= 0.3 is 0 Å². The molecule has 2 heterocycles. The van der Waals surface area contributed by atoms with E-state index >= 15 is 0 Å². The predicted molar refractivity (Wildman–Crippen MR) is 111 cm³/mol. The molecule has 3 nitrogen and oxygen atoms in total. The van der Waals surface area contributed by atoms with Crippen LogP contribution in [0, 0.1) is 0 Å². The van der Waals surface area contributed by atoms with E-state index in [1.165, 1.54) is 5.39 Å². The summed E-state index contributed by atoms with van der Waals surface area (Å²) in [7, 11) is 0. The standard InChI is InChI=1S/C24H20N2O/c1-24(2,3)21-13-20(25-14-26-21)19-10-6-9-17-18-12-11-15-7-4-5-8-16(15)22(18)27-23(17)19/h4-14H,1-3H3. The van der Waals surface area contributed by atoms with Crippen molar-refractivity contribution >= 4 is 32.7 Å². The molecule has 0 unspecified atom stereocenters. The number of para-hydroxylation sites is 1. The first-order valence-electron chi connectivity index (χ1n) is 9.18. The molecule has 0 aliphatic rings. The fraction of sp³-hybridized carbons (Fsp3) is 0.167. The highest BCUT2D eigenvalue weighted by atomic mass is 16.3. The number of nitrogens with zero attached hydrogens (tertiary/aromatic N) is 2. The molecule has 3 heteroatoms. The van der Waals surface area contributed by atoms with Crippen LogP contribution in [0.2, 0.25) is 0 Å². The normalized spacial score (nSPS) is 12.3. The predicted octanol–water partition coefficient (Wildman–Crippen LogP) is 6.49. The van der Waals surface area contributed by atoms with Crippen molar-refractivity contribution < 1.29 is 4.42 Å². The van der Waals surface area contributed by atoms with Crippen LogP contribution in [0.5, 0.6) is 0 Å². The Morgan fingerprint density at radius 3 is 2.37 bits per heavy atom. The van der Waals surface area contributed by atoms with Gasteiger partial charge in [-0.2, -0.15) is 0 Å². The molecule has 5 rings (SSSR count). The van der Waals surface area contributed by atoms with Crippen molar-refractivity contribution in [3.05, 3.63) is 72.7 Å². The summed E-state index contributed by atoms with van der Waals surface area (Å²) >= 11 is 0. The second-order valence-corrected chi connectivity index (χ2v) is 7.99. The molecule has 27 heavy (non-hydrogen) atoms. The third-order valence-corrected chi connectivity index (χ3v) is 5.10. The number of benzene rings is 3. The average Bonchev–Trinajstić information content (AvgIpc) is 3.07. The molecule has 0 radical (unpaired) electrons. The minimum atomic E-state index is -0.0321. The first kappa shape index (κ1) is 16.0. The Morgan fingerprint density at radius 2 is 1.52 bits per heavy atom. The number of fused-ring (bicyclic) bond motifs is 5.